The number of aromatic hydroxyl groups is 1. The molecule has 3 aromatic rings. The number of allylic oxidation sites excluding steroid dienone is 1. The third-order valence-electron chi connectivity index (χ3n) is 7.75. The topological polar surface area (TPSA) is 71.4 Å². The number of likely N-dealkylation sites (tertiary alicyclic amines) is 1. The fourth-order valence-electron chi connectivity index (χ4n) is 5.48. The summed E-state index contributed by atoms with van der Waals surface area (Å²) in [5, 5.41) is 19.3. The van der Waals surface area contributed by atoms with Gasteiger partial charge in [-0.3, -0.25) is 4.90 Å². The minimum Gasteiger partial charge on any atom is -0.508 e. The molecule has 3 aromatic carbocycles. The summed E-state index contributed by atoms with van der Waals surface area (Å²) in [5.41, 5.74) is 4.93. The number of nitrogens with zero attached hydrogens (tertiary/aromatic N) is 1. The second-order valence-corrected chi connectivity index (χ2v) is 10.8. The van der Waals surface area contributed by atoms with Gasteiger partial charge < -0.3 is 24.4 Å². The number of fused-ring (bicyclic) bond motifs is 1. The van der Waals surface area contributed by atoms with Gasteiger partial charge in [0.2, 0.25) is 0 Å². The van der Waals surface area contributed by atoms with E-state index in [1.54, 1.807) is 12.1 Å². The molecule has 3 atom stereocenters. The van der Waals surface area contributed by atoms with Gasteiger partial charge in [-0.05, 0) is 91.9 Å². The average Bonchev–Trinajstić information content (AvgIpc) is 3.38. The first kappa shape index (κ1) is 27.1. The predicted molar refractivity (Wildman–Crippen MR) is 154 cm³/mol. The molecule has 0 spiro atoms. The third kappa shape index (κ3) is 6.23. The van der Waals surface area contributed by atoms with Gasteiger partial charge in [0.1, 0.15) is 35.7 Å². The highest BCUT2D eigenvalue weighted by Crippen LogP contribution is 2.47. The Labute approximate surface area is 231 Å². The van der Waals surface area contributed by atoms with Crippen LogP contribution in [0.1, 0.15) is 56.4 Å². The molecule has 6 heteroatoms. The first-order valence-corrected chi connectivity index (χ1v) is 13.9. The minimum absolute atomic E-state index is 0.0941. The maximum Gasteiger partial charge on any atom is 0.150 e. The molecule has 0 aromatic heterocycles. The van der Waals surface area contributed by atoms with E-state index in [1.807, 2.05) is 42.5 Å². The molecule has 0 bridgehead atoms. The monoisotopic (exact) mass is 529 g/mol. The average molecular weight is 530 g/mol. The quantitative estimate of drug-likeness (QED) is 0.299. The Morgan fingerprint density at radius 2 is 1.82 bits per heavy atom. The highest BCUT2D eigenvalue weighted by Gasteiger charge is 2.30. The number of phenols is 1. The molecule has 5 rings (SSSR count). The molecule has 0 amide bonds. The summed E-state index contributed by atoms with van der Waals surface area (Å²) in [4.78, 5) is 2.50. The lowest BCUT2D eigenvalue weighted by Gasteiger charge is -2.31. The summed E-state index contributed by atoms with van der Waals surface area (Å²) >= 11 is 0. The van der Waals surface area contributed by atoms with E-state index >= 15 is 0 Å². The van der Waals surface area contributed by atoms with E-state index in [4.69, 9.17) is 19.3 Å². The van der Waals surface area contributed by atoms with Crippen molar-refractivity contribution >= 4 is 11.1 Å². The van der Waals surface area contributed by atoms with Crippen LogP contribution >= 0.6 is 0 Å². The van der Waals surface area contributed by atoms with Gasteiger partial charge >= 0.3 is 0 Å². The number of hydrogen-bond donors (Lipinski definition) is 2. The van der Waals surface area contributed by atoms with Crippen molar-refractivity contribution in [2.24, 2.45) is 5.92 Å². The molecule has 39 heavy (non-hydrogen) atoms. The summed E-state index contributed by atoms with van der Waals surface area (Å²) in [7, 11) is 0. The Kier molecular flexibility index (Phi) is 8.44. The van der Waals surface area contributed by atoms with Gasteiger partial charge in [0.05, 0.1) is 6.61 Å². The van der Waals surface area contributed by atoms with Crippen LogP contribution in [0.2, 0.25) is 0 Å². The summed E-state index contributed by atoms with van der Waals surface area (Å²) < 4.78 is 18.6. The summed E-state index contributed by atoms with van der Waals surface area (Å²) in [6.45, 7) is 10.1. The first-order chi connectivity index (χ1) is 18.9. The molecule has 2 aliphatic rings. The predicted octanol–water partition coefficient (Wildman–Crippen LogP) is 6.33. The number of phenolic OH excluding ortho intramolecular Hbond substituents is 1. The second kappa shape index (κ2) is 12.1. The van der Waals surface area contributed by atoms with Crippen molar-refractivity contribution in [1.82, 2.24) is 4.90 Å². The van der Waals surface area contributed by atoms with E-state index in [1.165, 1.54) is 6.42 Å². The SMILES string of the molecule is CC1=C(c2cccc(O)c2)C(c2ccc(OCC(C)N3CC[C@@H](C)C3)cc2)Oc2ccc(OCCCO)cc21. The molecular formula is C33H39NO5. The number of rotatable bonds is 10. The zero-order valence-corrected chi connectivity index (χ0v) is 23.1. The lowest BCUT2D eigenvalue weighted by molar-refractivity contribution is 0.169. The van der Waals surface area contributed by atoms with Crippen LogP contribution in [0, 0.1) is 5.92 Å². The van der Waals surface area contributed by atoms with E-state index in [9.17, 15) is 5.11 Å². The fraction of sp³-hybridized carbons (Fsp3) is 0.394. The van der Waals surface area contributed by atoms with Crippen LogP contribution in [0.5, 0.6) is 23.0 Å². The lowest BCUT2D eigenvalue weighted by Crippen LogP contribution is -2.35. The molecule has 0 aliphatic carbocycles. The molecule has 1 saturated heterocycles. The number of aliphatic hydroxyl groups excluding tert-OH is 1. The Morgan fingerprint density at radius 1 is 1.03 bits per heavy atom. The Bertz CT molecular complexity index is 1300. The van der Waals surface area contributed by atoms with Crippen molar-refractivity contribution in [3.05, 3.63) is 83.4 Å². The minimum atomic E-state index is -0.348. The van der Waals surface area contributed by atoms with Gasteiger partial charge in [0.15, 0.2) is 0 Å². The van der Waals surface area contributed by atoms with Crippen molar-refractivity contribution in [2.45, 2.75) is 45.8 Å². The van der Waals surface area contributed by atoms with Crippen LogP contribution in [-0.4, -0.2) is 54.1 Å². The highest BCUT2D eigenvalue weighted by atomic mass is 16.5. The second-order valence-electron chi connectivity index (χ2n) is 10.8. The van der Waals surface area contributed by atoms with Crippen molar-refractivity contribution in [1.29, 1.82) is 0 Å². The largest absolute Gasteiger partial charge is 0.508 e. The summed E-state index contributed by atoms with van der Waals surface area (Å²) in [5.74, 6) is 3.33. The van der Waals surface area contributed by atoms with Crippen molar-refractivity contribution < 1.29 is 24.4 Å². The molecule has 0 saturated carbocycles. The van der Waals surface area contributed by atoms with Crippen molar-refractivity contribution in [2.75, 3.05) is 32.9 Å². The van der Waals surface area contributed by atoms with Crippen LogP contribution < -0.4 is 14.2 Å². The highest BCUT2D eigenvalue weighted by molar-refractivity contribution is 5.95. The van der Waals surface area contributed by atoms with Crippen LogP contribution in [0.3, 0.4) is 0 Å². The van der Waals surface area contributed by atoms with Gasteiger partial charge in [-0.25, -0.2) is 0 Å². The fourth-order valence-corrected chi connectivity index (χ4v) is 5.48. The molecule has 2 heterocycles. The van der Waals surface area contributed by atoms with Crippen molar-refractivity contribution in [3.63, 3.8) is 0 Å². The zero-order valence-electron chi connectivity index (χ0n) is 23.1. The smallest absolute Gasteiger partial charge is 0.150 e. The van der Waals surface area contributed by atoms with Gasteiger partial charge in [0, 0.05) is 36.8 Å². The molecule has 2 aliphatic heterocycles. The zero-order chi connectivity index (χ0) is 27.4. The van der Waals surface area contributed by atoms with Crippen LogP contribution in [0.15, 0.2) is 66.7 Å². The summed E-state index contributed by atoms with van der Waals surface area (Å²) in [6.07, 6.45) is 1.49. The standard InChI is InChI=1S/C33H39NO5/c1-22-14-15-34(20-22)23(2)21-38-28-10-8-25(9-11-28)33-32(26-6-4-7-27(36)18-26)24(3)30-19-29(37-17-5-16-35)12-13-31(30)39-33/h4,6-13,18-19,22-23,33,35-36H,5,14-17,20-21H2,1-3H3/t22-,23?,33?/m1/s1. The normalized spacial score (nSPS) is 19.9. The first-order valence-electron chi connectivity index (χ1n) is 13.9. The molecule has 1 fully saturated rings. The van der Waals surface area contributed by atoms with Crippen LogP contribution in [0.25, 0.3) is 11.1 Å². The molecule has 206 valence electrons. The van der Waals surface area contributed by atoms with Crippen LogP contribution in [0.4, 0.5) is 0 Å². The molecular weight excluding hydrogens is 490 g/mol. The molecule has 6 nitrogen and oxygen atoms in total. The number of hydrogen-bond acceptors (Lipinski definition) is 6. The number of ether oxygens (including phenoxy) is 3. The number of benzene rings is 3. The summed E-state index contributed by atoms with van der Waals surface area (Å²) in [6, 6.07) is 21.7. The number of aliphatic hydroxyl groups is 1. The maximum absolute atomic E-state index is 10.3. The van der Waals surface area contributed by atoms with E-state index in [-0.39, 0.29) is 18.5 Å². The maximum atomic E-state index is 10.3. The Balaban J connectivity index is 1.40. The van der Waals surface area contributed by atoms with Gasteiger partial charge in [-0.15, -0.1) is 0 Å². The van der Waals surface area contributed by atoms with Gasteiger partial charge in [-0.2, -0.15) is 0 Å². The van der Waals surface area contributed by atoms with E-state index in [0.29, 0.717) is 25.7 Å². The van der Waals surface area contributed by atoms with Crippen molar-refractivity contribution in [3.8, 4) is 23.0 Å². The van der Waals surface area contributed by atoms with E-state index in [0.717, 1.165) is 64.1 Å². The Morgan fingerprint density at radius 3 is 2.54 bits per heavy atom. The van der Waals surface area contributed by atoms with Gasteiger partial charge in [-0.1, -0.05) is 31.2 Å². The van der Waals surface area contributed by atoms with E-state index in [2.05, 4.69) is 37.8 Å². The van der Waals surface area contributed by atoms with E-state index < -0.39 is 0 Å². The molecule has 2 unspecified atom stereocenters. The van der Waals surface area contributed by atoms with Gasteiger partial charge in [0.25, 0.3) is 0 Å². The third-order valence-corrected chi connectivity index (χ3v) is 7.75. The van der Waals surface area contributed by atoms with Crippen LogP contribution in [-0.2, 0) is 0 Å². The molecule has 2 N–H and O–H groups in total. The Hall–Kier alpha value is -3.48. The lowest BCUT2D eigenvalue weighted by atomic mass is 9.86. The molecule has 0 radical (unpaired) electrons.